The molecule has 1 aromatic carbocycles. The van der Waals surface area contributed by atoms with E-state index in [0.717, 1.165) is 22.2 Å². The molecule has 0 bridgehead atoms. The van der Waals surface area contributed by atoms with Crippen LogP contribution in [0.4, 0.5) is 5.82 Å². The lowest BCUT2D eigenvalue weighted by Crippen LogP contribution is -2.13. The normalized spacial score (nSPS) is 11.0. The molecule has 0 aliphatic carbocycles. The minimum atomic E-state index is -0.181. The van der Waals surface area contributed by atoms with Gasteiger partial charge in [-0.05, 0) is 32.0 Å². The zero-order valence-electron chi connectivity index (χ0n) is 15.0. The van der Waals surface area contributed by atoms with Crippen LogP contribution in [0.25, 0.3) is 22.4 Å². The van der Waals surface area contributed by atoms with E-state index in [4.69, 9.17) is 4.52 Å². The third-order valence-electron chi connectivity index (χ3n) is 4.13. The van der Waals surface area contributed by atoms with Crippen LogP contribution in [0.15, 0.2) is 40.9 Å². The molecule has 1 amide bonds. The van der Waals surface area contributed by atoms with Crippen LogP contribution in [-0.2, 0) is 11.2 Å². The molecule has 3 aromatic heterocycles. The van der Waals surface area contributed by atoms with Gasteiger partial charge < -0.3 is 9.84 Å². The van der Waals surface area contributed by atoms with Gasteiger partial charge in [-0.25, -0.2) is 4.98 Å². The number of carbonyl (C=O) groups is 1. The maximum absolute atomic E-state index is 12.2. The van der Waals surface area contributed by atoms with Crippen LogP contribution in [0.5, 0.6) is 0 Å². The molecule has 0 fully saturated rings. The highest BCUT2D eigenvalue weighted by Gasteiger charge is 2.13. The zero-order chi connectivity index (χ0) is 18.8. The third-order valence-corrected chi connectivity index (χ3v) is 4.13. The number of carbonyl (C=O) groups excluding carboxylic acids is 1. The van der Waals surface area contributed by atoms with Gasteiger partial charge in [0.05, 0.1) is 5.39 Å². The second-order valence-electron chi connectivity index (χ2n) is 6.35. The minimum Gasteiger partial charge on any atom is -0.339 e. The van der Waals surface area contributed by atoms with Crippen molar-refractivity contribution in [2.75, 3.05) is 5.32 Å². The first-order chi connectivity index (χ1) is 13.1. The molecule has 4 rings (SSSR count). The molecule has 0 aliphatic heterocycles. The summed E-state index contributed by atoms with van der Waals surface area (Å²) in [4.78, 5) is 20.9. The quantitative estimate of drug-likeness (QED) is 0.564. The van der Waals surface area contributed by atoms with Crippen molar-refractivity contribution in [2.24, 2.45) is 0 Å². The van der Waals surface area contributed by atoms with Crippen molar-refractivity contribution < 1.29 is 9.32 Å². The van der Waals surface area contributed by atoms with Gasteiger partial charge in [-0.1, -0.05) is 28.9 Å². The van der Waals surface area contributed by atoms with Gasteiger partial charge in [0.15, 0.2) is 11.5 Å². The van der Waals surface area contributed by atoms with Crippen molar-refractivity contribution in [3.05, 3.63) is 53.5 Å². The Labute approximate surface area is 155 Å². The van der Waals surface area contributed by atoms with Crippen LogP contribution < -0.4 is 5.32 Å². The Morgan fingerprint density at radius 3 is 2.93 bits per heavy atom. The lowest BCUT2D eigenvalue weighted by molar-refractivity contribution is -0.116. The summed E-state index contributed by atoms with van der Waals surface area (Å²) in [7, 11) is 0. The average molecular weight is 362 g/mol. The van der Waals surface area contributed by atoms with Gasteiger partial charge in [-0.15, -0.1) is 0 Å². The predicted octanol–water partition coefficient (Wildman–Crippen LogP) is 3.20. The van der Waals surface area contributed by atoms with E-state index in [-0.39, 0.29) is 12.3 Å². The summed E-state index contributed by atoms with van der Waals surface area (Å²) in [6, 6.07) is 11.6. The van der Waals surface area contributed by atoms with Gasteiger partial charge in [-0.2, -0.15) is 10.1 Å². The first-order valence-electron chi connectivity index (χ1n) is 8.60. The molecular formula is C19H18N6O2. The number of nitrogens with zero attached hydrogens (tertiary/aromatic N) is 4. The monoisotopic (exact) mass is 362 g/mol. The van der Waals surface area contributed by atoms with E-state index >= 15 is 0 Å². The highest BCUT2D eigenvalue weighted by molar-refractivity contribution is 5.98. The number of rotatable bonds is 5. The van der Waals surface area contributed by atoms with E-state index < -0.39 is 0 Å². The van der Waals surface area contributed by atoms with Crippen LogP contribution in [0, 0.1) is 13.8 Å². The Bertz CT molecular complexity index is 1110. The maximum atomic E-state index is 12.2. The molecule has 136 valence electrons. The first-order valence-corrected chi connectivity index (χ1v) is 8.60. The second-order valence-corrected chi connectivity index (χ2v) is 6.35. The number of aryl methyl sites for hydroxylation is 3. The molecule has 3 heterocycles. The van der Waals surface area contributed by atoms with Crippen LogP contribution in [0.2, 0.25) is 0 Å². The van der Waals surface area contributed by atoms with E-state index in [1.54, 1.807) is 0 Å². The number of aromatic amines is 1. The summed E-state index contributed by atoms with van der Waals surface area (Å²) in [5, 5.41) is 14.5. The molecule has 0 aliphatic rings. The summed E-state index contributed by atoms with van der Waals surface area (Å²) < 4.78 is 5.26. The maximum Gasteiger partial charge on any atom is 0.227 e. The Hall–Kier alpha value is -3.55. The molecule has 0 atom stereocenters. The van der Waals surface area contributed by atoms with Gasteiger partial charge in [0.2, 0.25) is 17.6 Å². The Balaban J connectivity index is 1.39. The molecule has 27 heavy (non-hydrogen) atoms. The second kappa shape index (κ2) is 6.99. The summed E-state index contributed by atoms with van der Waals surface area (Å²) >= 11 is 0. The molecule has 0 saturated carbocycles. The third kappa shape index (κ3) is 3.69. The van der Waals surface area contributed by atoms with Gasteiger partial charge in [-0.3, -0.25) is 9.89 Å². The summed E-state index contributed by atoms with van der Waals surface area (Å²) in [6.45, 7) is 3.90. The van der Waals surface area contributed by atoms with Gasteiger partial charge in [0.25, 0.3) is 0 Å². The van der Waals surface area contributed by atoms with E-state index in [9.17, 15) is 4.79 Å². The highest BCUT2D eigenvalue weighted by Crippen LogP contribution is 2.20. The minimum absolute atomic E-state index is 0.181. The molecule has 0 radical (unpaired) electrons. The molecule has 2 N–H and O–H groups in total. The van der Waals surface area contributed by atoms with Gasteiger partial charge >= 0.3 is 0 Å². The lowest BCUT2D eigenvalue weighted by atomic mass is 10.1. The molecule has 0 spiro atoms. The number of hydrogen-bond acceptors (Lipinski definition) is 6. The van der Waals surface area contributed by atoms with Crippen molar-refractivity contribution >= 4 is 22.8 Å². The van der Waals surface area contributed by atoms with Gasteiger partial charge in [0.1, 0.15) is 0 Å². The van der Waals surface area contributed by atoms with Crippen molar-refractivity contribution in [1.29, 1.82) is 0 Å². The fourth-order valence-corrected chi connectivity index (χ4v) is 2.77. The van der Waals surface area contributed by atoms with Crippen molar-refractivity contribution in [3.63, 3.8) is 0 Å². The molecule has 0 unspecified atom stereocenters. The first kappa shape index (κ1) is 16.9. The van der Waals surface area contributed by atoms with Crippen molar-refractivity contribution in [2.45, 2.75) is 26.7 Å². The van der Waals surface area contributed by atoms with Crippen LogP contribution >= 0.6 is 0 Å². The predicted molar refractivity (Wildman–Crippen MR) is 100 cm³/mol. The Morgan fingerprint density at radius 2 is 2.07 bits per heavy atom. The van der Waals surface area contributed by atoms with Crippen molar-refractivity contribution in [3.8, 4) is 11.4 Å². The van der Waals surface area contributed by atoms with Crippen LogP contribution in [-0.4, -0.2) is 31.2 Å². The number of anilines is 1. The zero-order valence-corrected chi connectivity index (χ0v) is 15.0. The molecule has 8 heteroatoms. The fourth-order valence-electron chi connectivity index (χ4n) is 2.77. The molecule has 0 saturated heterocycles. The average Bonchev–Trinajstić information content (AvgIpc) is 3.27. The summed E-state index contributed by atoms with van der Waals surface area (Å²) in [5.74, 6) is 1.23. The fraction of sp³-hybridized carbons (Fsp3) is 0.211. The largest absolute Gasteiger partial charge is 0.339 e. The number of pyridine rings is 1. The summed E-state index contributed by atoms with van der Waals surface area (Å²) in [5.41, 5.74) is 3.53. The lowest BCUT2D eigenvalue weighted by Gasteiger charge is -2.01. The highest BCUT2D eigenvalue weighted by atomic mass is 16.5. The Morgan fingerprint density at radius 1 is 1.19 bits per heavy atom. The van der Waals surface area contributed by atoms with E-state index in [1.807, 2.05) is 50.2 Å². The standard InChI is InChI=1S/C19H18N6O2/c1-11-4-3-5-13(10-11)17-22-16(27-25-17)9-8-15(26)21-19-14-7-6-12(2)20-18(14)23-24-19/h3-7,10H,8-9H2,1-2H3,(H2,20,21,23,24,26). The van der Waals surface area contributed by atoms with E-state index in [0.29, 0.717) is 29.6 Å². The smallest absolute Gasteiger partial charge is 0.227 e. The number of H-pyrrole nitrogens is 1. The number of benzene rings is 1. The summed E-state index contributed by atoms with van der Waals surface area (Å²) in [6.07, 6.45) is 0.563. The molecule has 4 aromatic rings. The van der Waals surface area contributed by atoms with E-state index in [1.165, 1.54) is 0 Å². The number of hydrogen-bond donors (Lipinski definition) is 2. The molecular weight excluding hydrogens is 344 g/mol. The van der Waals surface area contributed by atoms with E-state index in [2.05, 4.69) is 30.6 Å². The number of aromatic nitrogens is 5. The van der Waals surface area contributed by atoms with Crippen LogP contribution in [0.1, 0.15) is 23.6 Å². The van der Waals surface area contributed by atoms with Crippen LogP contribution in [0.3, 0.4) is 0 Å². The van der Waals surface area contributed by atoms with Crippen molar-refractivity contribution in [1.82, 2.24) is 25.3 Å². The topological polar surface area (TPSA) is 110 Å². The SMILES string of the molecule is Cc1cccc(-c2noc(CCC(=O)Nc3n[nH]c4nc(C)ccc34)n2)c1. The number of amides is 1. The van der Waals surface area contributed by atoms with Gasteiger partial charge in [0, 0.05) is 24.1 Å². The molecule has 8 nitrogen and oxygen atoms in total. The Kier molecular flexibility index (Phi) is 4.37. The number of fused-ring (bicyclic) bond motifs is 1. The number of nitrogens with one attached hydrogen (secondary N) is 2.